The molecule has 0 aliphatic rings. The Kier molecular flexibility index (Phi) is 0.803. The first-order valence-electron chi connectivity index (χ1n) is 2.68. The van der Waals surface area contributed by atoms with Crippen LogP contribution >= 0.6 is 0 Å². The minimum atomic E-state index is 1.01. The van der Waals surface area contributed by atoms with Gasteiger partial charge in [-0.3, -0.25) is 5.10 Å². The molecule has 42 valence electrons. The molecule has 1 heterocycles. The maximum Gasteiger partial charge on any atom is 0.0656 e. The molecule has 0 saturated carbocycles. The fraction of sp³-hybridized carbons (Fsp3) is 0. The zero-order chi connectivity index (χ0) is 6.10. The molecular weight excluding hydrogens is 112 g/mol. The summed E-state index contributed by atoms with van der Waals surface area (Å²) >= 11 is 0. The molecule has 2 nitrogen and oxygen atoms in total. The van der Waals surface area contributed by atoms with Crippen molar-refractivity contribution in [1.29, 1.82) is 0 Å². The second-order valence-corrected chi connectivity index (χ2v) is 1.82. The average molecular weight is 116 g/mol. The van der Waals surface area contributed by atoms with E-state index in [1.165, 1.54) is 0 Å². The van der Waals surface area contributed by atoms with E-state index < -0.39 is 0 Å². The van der Waals surface area contributed by atoms with E-state index in [0.29, 0.717) is 0 Å². The van der Waals surface area contributed by atoms with Gasteiger partial charge in [0, 0.05) is 5.39 Å². The Morgan fingerprint density at radius 2 is 2.22 bits per heavy atom. The van der Waals surface area contributed by atoms with Gasteiger partial charge in [0.1, 0.15) is 0 Å². The summed E-state index contributed by atoms with van der Waals surface area (Å²) in [6, 6.07) is 9.33. The van der Waals surface area contributed by atoms with Crippen LogP contribution in [0.3, 0.4) is 0 Å². The van der Waals surface area contributed by atoms with E-state index in [9.17, 15) is 0 Å². The molecule has 1 N–H and O–H groups in total. The van der Waals surface area contributed by atoms with Crippen molar-refractivity contribution in [2.45, 2.75) is 0 Å². The summed E-state index contributed by atoms with van der Waals surface area (Å²) in [6.07, 6.45) is 1.76. The third-order valence-corrected chi connectivity index (χ3v) is 1.23. The first-order chi connectivity index (χ1) is 4.47. The van der Waals surface area contributed by atoms with Gasteiger partial charge in [0.15, 0.2) is 0 Å². The first kappa shape index (κ1) is 4.56. The maximum atomic E-state index is 3.84. The van der Waals surface area contributed by atoms with E-state index in [4.69, 9.17) is 0 Å². The number of fused-ring (bicyclic) bond motifs is 1. The molecule has 9 heavy (non-hydrogen) atoms. The molecule has 2 rings (SSSR count). The number of H-pyrrole nitrogens is 1. The van der Waals surface area contributed by atoms with Gasteiger partial charge in [-0.25, -0.2) is 0 Å². The minimum absolute atomic E-state index is 1.01. The van der Waals surface area contributed by atoms with Crippen molar-refractivity contribution in [3.05, 3.63) is 30.5 Å². The molecule has 0 spiro atoms. The predicted molar refractivity (Wildman–Crippen MR) is 33.8 cm³/mol. The van der Waals surface area contributed by atoms with Crippen LogP contribution in [0.2, 0.25) is 0 Å². The second-order valence-electron chi connectivity index (χ2n) is 1.82. The Hall–Kier alpha value is -1.31. The van der Waals surface area contributed by atoms with Crippen LogP contribution in [0.5, 0.6) is 0 Å². The first-order valence-corrected chi connectivity index (χ1v) is 2.68. The number of nitrogens with zero attached hydrogens (tertiary/aromatic N) is 1. The SMILES string of the molecule is [c]1[c]cc2[nH]ncc2c1. The minimum Gasteiger partial charge on any atom is -0.278 e. The maximum absolute atomic E-state index is 3.84. The van der Waals surface area contributed by atoms with Gasteiger partial charge in [-0.1, -0.05) is 0 Å². The predicted octanol–water partition coefficient (Wildman–Crippen LogP) is 1.16. The highest BCUT2D eigenvalue weighted by Crippen LogP contribution is 2.06. The van der Waals surface area contributed by atoms with Gasteiger partial charge in [-0.15, -0.1) is 0 Å². The van der Waals surface area contributed by atoms with Gasteiger partial charge in [-0.05, 0) is 24.3 Å². The third-order valence-electron chi connectivity index (χ3n) is 1.23. The van der Waals surface area contributed by atoms with E-state index in [1.807, 2.05) is 12.1 Å². The molecule has 1 aromatic heterocycles. The topological polar surface area (TPSA) is 28.7 Å². The number of aromatic nitrogens is 2. The Bertz CT molecular complexity index is 281. The molecule has 2 radical (unpaired) electrons. The molecule has 2 aromatic rings. The normalized spacial score (nSPS) is 10.2. The fourth-order valence-corrected chi connectivity index (χ4v) is 0.769. The highest BCUT2D eigenvalue weighted by atomic mass is 15.1. The van der Waals surface area contributed by atoms with Crippen molar-refractivity contribution < 1.29 is 0 Å². The second kappa shape index (κ2) is 1.58. The van der Waals surface area contributed by atoms with Crippen molar-refractivity contribution in [1.82, 2.24) is 10.2 Å². The molecule has 0 atom stereocenters. The van der Waals surface area contributed by atoms with E-state index in [0.717, 1.165) is 10.9 Å². The third kappa shape index (κ3) is 0.598. The van der Waals surface area contributed by atoms with Crippen LogP contribution in [-0.2, 0) is 0 Å². The molecule has 0 amide bonds. The highest BCUT2D eigenvalue weighted by molar-refractivity contribution is 5.76. The van der Waals surface area contributed by atoms with Crippen molar-refractivity contribution >= 4 is 10.9 Å². The van der Waals surface area contributed by atoms with E-state index in [-0.39, 0.29) is 0 Å². The van der Waals surface area contributed by atoms with Crippen molar-refractivity contribution in [2.24, 2.45) is 0 Å². The Labute approximate surface area is 52.5 Å². The molecule has 1 aromatic carbocycles. The van der Waals surface area contributed by atoms with Crippen LogP contribution in [-0.4, -0.2) is 10.2 Å². The fourth-order valence-electron chi connectivity index (χ4n) is 0.769. The summed E-state index contributed by atoms with van der Waals surface area (Å²) in [4.78, 5) is 0. The lowest BCUT2D eigenvalue weighted by Gasteiger charge is -1.80. The van der Waals surface area contributed by atoms with E-state index in [2.05, 4.69) is 22.3 Å². The van der Waals surface area contributed by atoms with Crippen LogP contribution in [0, 0.1) is 12.1 Å². The summed E-state index contributed by atoms with van der Waals surface area (Å²) < 4.78 is 0. The van der Waals surface area contributed by atoms with Gasteiger partial charge in [0.05, 0.1) is 11.7 Å². The average Bonchev–Trinajstić information content (AvgIpc) is 2.33. The summed E-state index contributed by atoms with van der Waals surface area (Å²) in [6.45, 7) is 0. The van der Waals surface area contributed by atoms with E-state index in [1.54, 1.807) is 6.20 Å². The van der Waals surface area contributed by atoms with Crippen LogP contribution in [0.4, 0.5) is 0 Å². The number of aromatic amines is 1. The van der Waals surface area contributed by atoms with Crippen molar-refractivity contribution in [3.63, 3.8) is 0 Å². The Balaban J connectivity index is 2.95. The Morgan fingerprint density at radius 3 is 3.11 bits per heavy atom. The van der Waals surface area contributed by atoms with Crippen LogP contribution in [0.1, 0.15) is 0 Å². The van der Waals surface area contributed by atoms with Gasteiger partial charge in [0.25, 0.3) is 0 Å². The molecule has 0 saturated heterocycles. The molecular formula is C7H4N2. The number of rotatable bonds is 0. The number of benzene rings is 1. The van der Waals surface area contributed by atoms with Crippen molar-refractivity contribution in [2.75, 3.05) is 0 Å². The highest BCUT2D eigenvalue weighted by Gasteiger charge is 1.88. The molecule has 0 aliphatic carbocycles. The monoisotopic (exact) mass is 116 g/mol. The molecule has 0 bridgehead atoms. The number of hydrogen-bond acceptors (Lipinski definition) is 1. The van der Waals surface area contributed by atoms with Crippen molar-refractivity contribution in [3.8, 4) is 0 Å². The van der Waals surface area contributed by atoms with Gasteiger partial charge >= 0.3 is 0 Å². The zero-order valence-corrected chi connectivity index (χ0v) is 4.68. The molecule has 0 unspecified atom stereocenters. The smallest absolute Gasteiger partial charge is 0.0656 e. The van der Waals surface area contributed by atoms with Crippen LogP contribution < -0.4 is 0 Å². The lowest BCUT2D eigenvalue weighted by molar-refractivity contribution is 1.12. The standard InChI is InChI=1S/C7H4N2/c1-2-4-7-6(3-1)5-8-9-7/h3-5H,(H,8,9). The van der Waals surface area contributed by atoms with Gasteiger partial charge < -0.3 is 0 Å². The summed E-state index contributed by atoms with van der Waals surface area (Å²) in [5.41, 5.74) is 1.01. The lowest BCUT2D eigenvalue weighted by atomic mass is 10.3. The number of nitrogens with one attached hydrogen (secondary N) is 1. The number of hydrogen-bond donors (Lipinski definition) is 1. The summed E-state index contributed by atoms with van der Waals surface area (Å²) in [7, 11) is 0. The van der Waals surface area contributed by atoms with Crippen LogP contribution in [0.25, 0.3) is 10.9 Å². The van der Waals surface area contributed by atoms with Gasteiger partial charge in [-0.2, -0.15) is 5.10 Å². The lowest BCUT2D eigenvalue weighted by Crippen LogP contribution is -1.64. The Morgan fingerprint density at radius 1 is 1.33 bits per heavy atom. The quantitative estimate of drug-likeness (QED) is 0.549. The zero-order valence-electron chi connectivity index (χ0n) is 4.68. The molecule has 0 aliphatic heterocycles. The largest absolute Gasteiger partial charge is 0.278 e. The summed E-state index contributed by atoms with van der Waals surface area (Å²) in [5, 5.41) is 7.73. The van der Waals surface area contributed by atoms with E-state index >= 15 is 0 Å². The van der Waals surface area contributed by atoms with Gasteiger partial charge in [0.2, 0.25) is 0 Å². The summed E-state index contributed by atoms with van der Waals surface area (Å²) in [5.74, 6) is 0. The molecule has 0 fully saturated rings. The molecule has 2 heteroatoms. The van der Waals surface area contributed by atoms with Crippen LogP contribution in [0.15, 0.2) is 18.3 Å².